The van der Waals surface area contributed by atoms with E-state index in [1.165, 1.54) is 6.26 Å². The summed E-state index contributed by atoms with van der Waals surface area (Å²) in [5.74, 6) is 0.451. The van der Waals surface area contributed by atoms with Gasteiger partial charge in [0.2, 0.25) is 5.91 Å². The molecule has 2 heterocycles. The Morgan fingerprint density at radius 2 is 2.33 bits per heavy atom. The van der Waals surface area contributed by atoms with Crippen molar-refractivity contribution in [2.45, 2.75) is 31.5 Å². The third-order valence-corrected chi connectivity index (χ3v) is 4.29. The summed E-state index contributed by atoms with van der Waals surface area (Å²) in [6.07, 6.45) is 3.88. The van der Waals surface area contributed by atoms with Crippen molar-refractivity contribution in [2.24, 2.45) is 0 Å². The Morgan fingerprint density at radius 3 is 2.96 bits per heavy atom. The number of thioether (sulfide) groups is 1. The van der Waals surface area contributed by atoms with Crippen LogP contribution in [0.1, 0.15) is 18.6 Å². The summed E-state index contributed by atoms with van der Waals surface area (Å²) in [7, 11) is 0. The highest BCUT2D eigenvalue weighted by Gasteiger charge is 2.39. The number of nitrogens with one attached hydrogen (secondary N) is 2. The number of rotatable bonds is 9. The van der Waals surface area contributed by atoms with Crippen LogP contribution in [0.3, 0.4) is 0 Å². The molecule has 1 aromatic rings. The number of furan rings is 1. The third kappa shape index (κ3) is 4.75. The molecule has 1 aromatic heterocycles. The highest BCUT2D eigenvalue weighted by Crippen LogP contribution is 2.14. The van der Waals surface area contributed by atoms with Gasteiger partial charge in [-0.2, -0.15) is 11.8 Å². The van der Waals surface area contributed by atoms with Crippen molar-refractivity contribution in [1.29, 1.82) is 0 Å². The summed E-state index contributed by atoms with van der Waals surface area (Å²) in [5, 5.41) is 14.4. The van der Waals surface area contributed by atoms with Crippen molar-refractivity contribution in [3.8, 4) is 0 Å². The first-order valence-electron chi connectivity index (χ1n) is 7.58. The van der Waals surface area contributed by atoms with Gasteiger partial charge >= 0.3 is 6.03 Å². The number of aliphatic hydroxyl groups is 1. The molecule has 0 spiro atoms. The van der Waals surface area contributed by atoms with Gasteiger partial charge in [-0.25, -0.2) is 4.79 Å². The smallest absolute Gasteiger partial charge is 0.325 e. The van der Waals surface area contributed by atoms with Crippen LogP contribution in [0.25, 0.3) is 0 Å². The molecule has 0 unspecified atom stereocenters. The van der Waals surface area contributed by atoms with E-state index in [0.29, 0.717) is 12.2 Å². The molecule has 4 amide bonds. The van der Waals surface area contributed by atoms with E-state index >= 15 is 0 Å². The van der Waals surface area contributed by atoms with Crippen LogP contribution < -0.4 is 10.6 Å². The second-order valence-electron chi connectivity index (χ2n) is 5.44. The SMILES string of the molecule is CSCC[C@H](CO)NC(=O)C[C@@H]1NC(=O)N(Cc2ccco2)C1=O. The van der Waals surface area contributed by atoms with Crippen LogP contribution in [0.5, 0.6) is 0 Å². The van der Waals surface area contributed by atoms with Crippen molar-refractivity contribution in [3.05, 3.63) is 24.2 Å². The van der Waals surface area contributed by atoms with E-state index in [9.17, 15) is 19.5 Å². The molecule has 2 atom stereocenters. The van der Waals surface area contributed by atoms with Crippen LogP contribution in [-0.2, 0) is 16.1 Å². The fraction of sp³-hybridized carbons (Fsp3) is 0.533. The number of imide groups is 1. The second kappa shape index (κ2) is 8.74. The summed E-state index contributed by atoms with van der Waals surface area (Å²) >= 11 is 1.62. The number of hydrogen-bond acceptors (Lipinski definition) is 6. The predicted molar refractivity (Wildman–Crippen MR) is 88.2 cm³/mol. The second-order valence-corrected chi connectivity index (χ2v) is 6.42. The minimum atomic E-state index is -0.896. The minimum absolute atomic E-state index is 0.0305. The number of urea groups is 1. The molecule has 0 aliphatic carbocycles. The number of amides is 4. The molecule has 2 rings (SSSR count). The fourth-order valence-corrected chi connectivity index (χ4v) is 2.88. The van der Waals surface area contributed by atoms with Crippen molar-refractivity contribution in [2.75, 3.05) is 18.6 Å². The Bertz CT molecular complexity index is 578. The number of carbonyl (C=O) groups excluding carboxylic acids is 3. The average molecular weight is 355 g/mol. The van der Waals surface area contributed by atoms with Crippen LogP contribution in [0, 0.1) is 0 Å². The monoisotopic (exact) mass is 355 g/mol. The Labute approximate surface area is 143 Å². The van der Waals surface area contributed by atoms with Crippen molar-refractivity contribution >= 4 is 29.6 Å². The van der Waals surface area contributed by atoms with E-state index in [1.54, 1.807) is 23.9 Å². The zero-order valence-corrected chi connectivity index (χ0v) is 14.2. The third-order valence-electron chi connectivity index (χ3n) is 3.65. The van der Waals surface area contributed by atoms with Crippen molar-refractivity contribution in [1.82, 2.24) is 15.5 Å². The standard InChI is InChI=1S/C15H21N3O5S/c1-24-6-4-10(9-19)16-13(20)7-12-14(21)18(15(22)17-12)8-11-3-2-5-23-11/h2-3,5,10,12,19H,4,6-9H2,1H3,(H,16,20)(H,17,22)/t10-,12+/m1/s1. The number of aliphatic hydroxyl groups excluding tert-OH is 1. The van der Waals surface area contributed by atoms with Crippen molar-refractivity contribution < 1.29 is 23.9 Å². The topological polar surface area (TPSA) is 112 Å². The summed E-state index contributed by atoms with van der Waals surface area (Å²) in [6, 6.07) is 1.54. The summed E-state index contributed by atoms with van der Waals surface area (Å²) < 4.78 is 5.13. The molecule has 1 aliphatic rings. The maximum absolute atomic E-state index is 12.3. The lowest BCUT2D eigenvalue weighted by Crippen LogP contribution is -2.42. The number of nitrogens with zero attached hydrogens (tertiary/aromatic N) is 1. The average Bonchev–Trinajstić information content (AvgIpc) is 3.16. The Hall–Kier alpha value is -2.00. The first-order chi connectivity index (χ1) is 11.5. The summed E-state index contributed by atoms with van der Waals surface area (Å²) in [4.78, 5) is 37.2. The first kappa shape index (κ1) is 18.3. The quantitative estimate of drug-likeness (QED) is 0.550. The van der Waals surface area contributed by atoms with E-state index in [1.807, 2.05) is 6.26 Å². The van der Waals surface area contributed by atoms with Gasteiger partial charge in [0.1, 0.15) is 11.8 Å². The van der Waals surface area contributed by atoms with Crippen LogP contribution in [-0.4, -0.2) is 58.6 Å². The Kier molecular flexibility index (Phi) is 6.68. The lowest BCUT2D eigenvalue weighted by Gasteiger charge is -2.17. The number of carbonyl (C=O) groups is 3. The molecular weight excluding hydrogens is 334 g/mol. The van der Waals surface area contributed by atoms with Gasteiger partial charge in [-0.3, -0.25) is 14.5 Å². The van der Waals surface area contributed by atoms with E-state index in [4.69, 9.17) is 4.42 Å². The van der Waals surface area contributed by atoms with Crippen LogP contribution in [0.4, 0.5) is 4.79 Å². The molecule has 132 valence electrons. The highest BCUT2D eigenvalue weighted by molar-refractivity contribution is 7.98. The predicted octanol–water partition coefficient (Wildman–Crippen LogP) is 0.320. The molecule has 0 saturated carbocycles. The minimum Gasteiger partial charge on any atom is -0.467 e. The summed E-state index contributed by atoms with van der Waals surface area (Å²) in [5.41, 5.74) is 0. The highest BCUT2D eigenvalue weighted by atomic mass is 32.2. The van der Waals surface area contributed by atoms with Crippen LogP contribution in [0.15, 0.2) is 22.8 Å². The molecule has 8 nitrogen and oxygen atoms in total. The van der Waals surface area contributed by atoms with E-state index in [-0.39, 0.29) is 31.5 Å². The largest absolute Gasteiger partial charge is 0.467 e. The zero-order valence-electron chi connectivity index (χ0n) is 13.4. The van der Waals surface area contributed by atoms with Gasteiger partial charge in [0, 0.05) is 0 Å². The molecule has 24 heavy (non-hydrogen) atoms. The van der Waals surface area contributed by atoms with Gasteiger partial charge in [0.25, 0.3) is 5.91 Å². The summed E-state index contributed by atoms with van der Waals surface area (Å²) in [6.45, 7) is -0.134. The van der Waals surface area contributed by atoms with Crippen LogP contribution >= 0.6 is 11.8 Å². The van der Waals surface area contributed by atoms with Gasteiger partial charge in [-0.15, -0.1) is 0 Å². The molecule has 1 saturated heterocycles. The Morgan fingerprint density at radius 1 is 1.54 bits per heavy atom. The first-order valence-corrected chi connectivity index (χ1v) is 8.98. The van der Waals surface area contributed by atoms with Gasteiger partial charge in [0.05, 0.1) is 31.9 Å². The Balaban J connectivity index is 1.87. The van der Waals surface area contributed by atoms with Crippen molar-refractivity contribution in [3.63, 3.8) is 0 Å². The van der Waals surface area contributed by atoms with Gasteiger partial charge in [-0.1, -0.05) is 0 Å². The normalized spacial score (nSPS) is 18.6. The fourth-order valence-electron chi connectivity index (χ4n) is 2.36. The molecule has 1 fully saturated rings. The lowest BCUT2D eigenvalue weighted by molar-refractivity contribution is -0.131. The number of hydrogen-bond donors (Lipinski definition) is 3. The molecule has 1 aliphatic heterocycles. The molecule has 3 N–H and O–H groups in total. The molecular formula is C15H21N3O5S. The van der Waals surface area contributed by atoms with E-state index < -0.39 is 18.0 Å². The van der Waals surface area contributed by atoms with E-state index in [0.717, 1.165) is 10.7 Å². The van der Waals surface area contributed by atoms with Crippen LogP contribution in [0.2, 0.25) is 0 Å². The maximum atomic E-state index is 12.3. The maximum Gasteiger partial charge on any atom is 0.325 e. The molecule has 0 aromatic carbocycles. The van der Waals surface area contributed by atoms with Gasteiger partial charge in [0.15, 0.2) is 0 Å². The molecule has 9 heteroatoms. The van der Waals surface area contributed by atoms with Gasteiger partial charge in [-0.05, 0) is 30.6 Å². The molecule has 0 radical (unpaired) electrons. The lowest BCUT2D eigenvalue weighted by atomic mass is 10.1. The zero-order chi connectivity index (χ0) is 17.5. The molecule has 0 bridgehead atoms. The van der Waals surface area contributed by atoms with Gasteiger partial charge < -0.3 is 20.2 Å². The van der Waals surface area contributed by atoms with E-state index in [2.05, 4.69) is 10.6 Å².